The number of aryl methyl sites for hydroxylation is 2. The Morgan fingerprint density at radius 1 is 1.32 bits per heavy atom. The van der Waals surface area contributed by atoms with Crippen LogP contribution in [-0.4, -0.2) is 17.5 Å². The zero-order valence-corrected chi connectivity index (χ0v) is 12.0. The van der Waals surface area contributed by atoms with Gasteiger partial charge in [-0.2, -0.15) is 0 Å². The number of para-hydroxylation sites is 1. The summed E-state index contributed by atoms with van der Waals surface area (Å²) in [6.45, 7) is 4.73. The molecular formula is C14H18N4S. The highest BCUT2D eigenvalue weighted by Gasteiger charge is 2.03. The number of hydrogen-bond donors (Lipinski definition) is 2. The number of guanidine groups is 1. The molecule has 0 aliphatic carbocycles. The van der Waals surface area contributed by atoms with Gasteiger partial charge in [0.05, 0.1) is 10.7 Å². The van der Waals surface area contributed by atoms with Crippen LogP contribution in [0, 0.1) is 13.8 Å². The van der Waals surface area contributed by atoms with Gasteiger partial charge in [0.1, 0.15) is 0 Å². The van der Waals surface area contributed by atoms with E-state index in [2.05, 4.69) is 15.3 Å². The van der Waals surface area contributed by atoms with Crippen LogP contribution in [0.5, 0.6) is 0 Å². The largest absolute Gasteiger partial charge is 0.370 e. The van der Waals surface area contributed by atoms with Crippen molar-refractivity contribution in [2.45, 2.75) is 20.3 Å². The molecule has 1 heterocycles. The quantitative estimate of drug-likeness (QED) is 0.665. The molecule has 1 aromatic heterocycles. The molecule has 0 fully saturated rings. The van der Waals surface area contributed by atoms with E-state index in [-0.39, 0.29) is 0 Å². The Bertz CT molecular complexity index is 560. The molecule has 0 unspecified atom stereocenters. The van der Waals surface area contributed by atoms with Gasteiger partial charge in [-0.25, -0.2) is 4.98 Å². The normalized spacial score (nSPS) is 11.6. The van der Waals surface area contributed by atoms with E-state index < -0.39 is 0 Å². The van der Waals surface area contributed by atoms with E-state index >= 15 is 0 Å². The molecule has 5 heteroatoms. The van der Waals surface area contributed by atoms with Crippen LogP contribution in [-0.2, 0) is 6.42 Å². The van der Waals surface area contributed by atoms with Crippen LogP contribution in [0.4, 0.5) is 5.69 Å². The molecule has 0 saturated carbocycles. The summed E-state index contributed by atoms with van der Waals surface area (Å²) in [5.41, 5.74) is 7.90. The predicted octanol–water partition coefficient (Wildman–Crippen LogP) is 2.73. The highest BCUT2D eigenvalue weighted by atomic mass is 32.1. The Labute approximate surface area is 117 Å². The van der Waals surface area contributed by atoms with Gasteiger partial charge in [-0.3, -0.25) is 4.99 Å². The zero-order chi connectivity index (χ0) is 13.7. The van der Waals surface area contributed by atoms with Crippen LogP contribution >= 0.6 is 11.3 Å². The van der Waals surface area contributed by atoms with Crippen LogP contribution in [0.15, 0.2) is 35.3 Å². The third-order valence-electron chi connectivity index (χ3n) is 2.67. The molecule has 0 spiro atoms. The molecule has 0 aliphatic heterocycles. The fourth-order valence-electron chi connectivity index (χ4n) is 1.79. The number of anilines is 1. The fourth-order valence-corrected chi connectivity index (χ4v) is 2.72. The molecule has 3 N–H and O–H groups in total. The summed E-state index contributed by atoms with van der Waals surface area (Å²) in [4.78, 5) is 10.0. The number of hydrogen-bond acceptors (Lipinski definition) is 3. The van der Waals surface area contributed by atoms with Gasteiger partial charge in [-0.15, -0.1) is 11.3 Å². The van der Waals surface area contributed by atoms with Crippen LogP contribution in [0.3, 0.4) is 0 Å². The van der Waals surface area contributed by atoms with Gasteiger partial charge in [-0.05, 0) is 26.0 Å². The number of nitrogens with two attached hydrogens (primary N) is 1. The van der Waals surface area contributed by atoms with Gasteiger partial charge in [0, 0.05) is 23.5 Å². The van der Waals surface area contributed by atoms with Crippen LogP contribution in [0.25, 0.3) is 0 Å². The number of thiazole rings is 1. The van der Waals surface area contributed by atoms with E-state index in [4.69, 9.17) is 5.73 Å². The first-order chi connectivity index (χ1) is 9.15. The second kappa shape index (κ2) is 6.33. The lowest BCUT2D eigenvalue weighted by molar-refractivity contribution is 0.965. The van der Waals surface area contributed by atoms with Gasteiger partial charge >= 0.3 is 0 Å². The summed E-state index contributed by atoms with van der Waals surface area (Å²) < 4.78 is 0. The first-order valence-corrected chi connectivity index (χ1v) is 7.01. The van der Waals surface area contributed by atoms with E-state index in [1.807, 2.05) is 44.2 Å². The first-order valence-electron chi connectivity index (χ1n) is 6.20. The maximum absolute atomic E-state index is 5.84. The summed E-state index contributed by atoms with van der Waals surface area (Å²) in [6.07, 6.45) is 0.883. The molecule has 0 radical (unpaired) electrons. The summed E-state index contributed by atoms with van der Waals surface area (Å²) in [5.74, 6) is 0.449. The van der Waals surface area contributed by atoms with E-state index in [0.29, 0.717) is 12.5 Å². The van der Waals surface area contributed by atoms with Gasteiger partial charge < -0.3 is 11.1 Å². The number of aliphatic imine (C=N–C) groups is 1. The second-order valence-electron chi connectivity index (χ2n) is 4.25. The Morgan fingerprint density at radius 3 is 2.68 bits per heavy atom. The summed E-state index contributed by atoms with van der Waals surface area (Å²) >= 11 is 1.73. The van der Waals surface area contributed by atoms with Crippen LogP contribution in [0.2, 0.25) is 0 Å². The standard InChI is InChI=1S/C14H18N4S/c1-10-13(19-11(2)17-10)8-9-16-14(15)18-12-6-4-3-5-7-12/h3-7H,8-9H2,1-2H3,(H3,15,16,18). The number of nitrogens with one attached hydrogen (secondary N) is 1. The van der Waals surface area contributed by atoms with Crippen molar-refractivity contribution >= 4 is 23.0 Å². The molecule has 0 amide bonds. The average Bonchev–Trinajstić information content (AvgIpc) is 2.69. The van der Waals surface area contributed by atoms with Gasteiger partial charge in [0.25, 0.3) is 0 Å². The minimum absolute atomic E-state index is 0.449. The smallest absolute Gasteiger partial charge is 0.193 e. The van der Waals surface area contributed by atoms with Gasteiger partial charge in [0.2, 0.25) is 0 Å². The number of nitrogens with zero attached hydrogens (tertiary/aromatic N) is 2. The van der Waals surface area contributed by atoms with E-state index in [1.54, 1.807) is 11.3 Å². The first kappa shape index (κ1) is 13.5. The van der Waals surface area contributed by atoms with Crippen molar-refractivity contribution in [2.24, 2.45) is 10.7 Å². The topological polar surface area (TPSA) is 63.3 Å². The van der Waals surface area contributed by atoms with E-state index in [0.717, 1.165) is 22.8 Å². The molecule has 0 bridgehead atoms. The molecule has 4 nitrogen and oxygen atoms in total. The van der Waals surface area contributed by atoms with E-state index in [9.17, 15) is 0 Å². The summed E-state index contributed by atoms with van der Waals surface area (Å²) in [5, 5.41) is 4.17. The lowest BCUT2D eigenvalue weighted by Crippen LogP contribution is -2.22. The van der Waals surface area contributed by atoms with Crippen molar-refractivity contribution in [3.05, 3.63) is 45.9 Å². The van der Waals surface area contributed by atoms with Crippen molar-refractivity contribution in [3.8, 4) is 0 Å². The molecule has 100 valence electrons. The number of aromatic nitrogens is 1. The third kappa shape index (κ3) is 4.06. The molecular weight excluding hydrogens is 256 g/mol. The zero-order valence-electron chi connectivity index (χ0n) is 11.2. The predicted molar refractivity (Wildman–Crippen MR) is 81.8 cm³/mol. The lowest BCUT2D eigenvalue weighted by atomic mass is 10.3. The Morgan fingerprint density at radius 2 is 2.05 bits per heavy atom. The van der Waals surface area contributed by atoms with Crippen molar-refractivity contribution in [3.63, 3.8) is 0 Å². The second-order valence-corrected chi connectivity index (χ2v) is 5.54. The Kier molecular flexibility index (Phi) is 4.52. The number of rotatable bonds is 4. The van der Waals surface area contributed by atoms with Gasteiger partial charge in [-0.1, -0.05) is 18.2 Å². The average molecular weight is 274 g/mol. The molecule has 0 aliphatic rings. The minimum Gasteiger partial charge on any atom is -0.370 e. The van der Waals surface area contributed by atoms with Crippen molar-refractivity contribution in [1.82, 2.24) is 4.98 Å². The minimum atomic E-state index is 0.449. The Hall–Kier alpha value is -1.88. The van der Waals surface area contributed by atoms with Gasteiger partial charge in [0.15, 0.2) is 5.96 Å². The van der Waals surface area contributed by atoms with Crippen molar-refractivity contribution < 1.29 is 0 Å². The summed E-state index contributed by atoms with van der Waals surface area (Å²) in [6, 6.07) is 9.80. The maximum Gasteiger partial charge on any atom is 0.193 e. The molecule has 19 heavy (non-hydrogen) atoms. The Balaban J connectivity index is 1.87. The highest BCUT2D eigenvalue weighted by molar-refractivity contribution is 7.11. The molecule has 0 atom stereocenters. The summed E-state index contributed by atoms with van der Waals surface area (Å²) in [7, 11) is 0. The highest BCUT2D eigenvalue weighted by Crippen LogP contribution is 2.17. The fraction of sp³-hybridized carbons (Fsp3) is 0.286. The maximum atomic E-state index is 5.84. The van der Waals surface area contributed by atoms with Crippen LogP contribution in [0.1, 0.15) is 15.6 Å². The van der Waals surface area contributed by atoms with Crippen molar-refractivity contribution in [1.29, 1.82) is 0 Å². The lowest BCUT2D eigenvalue weighted by Gasteiger charge is -2.04. The molecule has 2 rings (SSSR count). The molecule has 2 aromatic rings. The third-order valence-corrected chi connectivity index (χ3v) is 3.80. The van der Waals surface area contributed by atoms with Crippen molar-refractivity contribution in [2.75, 3.05) is 11.9 Å². The monoisotopic (exact) mass is 274 g/mol. The number of benzene rings is 1. The molecule has 0 saturated heterocycles. The van der Waals surface area contributed by atoms with Crippen LogP contribution < -0.4 is 11.1 Å². The SMILES string of the molecule is Cc1nc(C)c(CCN=C(N)Nc2ccccc2)s1. The van der Waals surface area contributed by atoms with E-state index in [1.165, 1.54) is 4.88 Å². The molecule has 1 aromatic carbocycles.